The molecule has 1 N–H and O–H groups in total. The molecule has 0 bridgehead atoms. The van der Waals surface area contributed by atoms with Crippen LogP contribution in [0.5, 0.6) is 0 Å². The molecule has 0 radical (unpaired) electrons. The fourth-order valence-corrected chi connectivity index (χ4v) is 3.44. The van der Waals surface area contributed by atoms with Crippen molar-refractivity contribution in [2.75, 3.05) is 26.7 Å². The third kappa shape index (κ3) is 3.28. The first-order valence-corrected chi connectivity index (χ1v) is 8.47. The first-order chi connectivity index (χ1) is 11.5. The van der Waals surface area contributed by atoms with E-state index < -0.39 is 0 Å². The zero-order chi connectivity index (χ0) is 17.3. The Labute approximate surface area is 143 Å². The van der Waals surface area contributed by atoms with Crippen LogP contribution in [0.3, 0.4) is 0 Å². The van der Waals surface area contributed by atoms with Crippen LogP contribution in [0.4, 0.5) is 0 Å². The molecular formula is C19H25N3O2. The Hall–Kier alpha value is -1.98. The Morgan fingerprint density at radius 1 is 1.38 bits per heavy atom. The SMILES string of the molecule is CCO[C@@H]1CN(C)C[C@H]1NC(=O)c1cc(C)nc2c(C)cccc12. The third-order valence-electron chi connectivity index (χ3n) is 4.56. The van der Waals surface area contributed by atoms with Crippen molar-refractivity contribution in [1.82, 2.24) is 15.2 Å². The number of ether oxygens (including phenoxy) is 1. The van der Waals surface area contributed by atoms with Crippen LogP contribution in [0.25, 0.3) is 10.9 Å². The highest BCUT2D eigenvalue weighted by Gasteiger charge is 2.33. The van der Waals surface area contributed by atoms with Gasteiger partial charge in [-0.3, -0.25) is 9.78 Å². The number of aryl methyl sites for hydroxylation is 2. The summed E-state index contributed by atoms with van der Waals surface area (Å²) in [5.41, 5.74) is 3.52. The number of pyridine rings is 1. The molecule has 1 aliphatic rings. The molecule has 1 fully saturated rings. The van der Waals surface area contributed by atoms with E-state index in [1.54, 1.807) is 0 Å². The predicted molar refractivity (Wildman–Crippen MR) is 95.4 cm³/mol. The van der Waals surface area contributed by atoms with Gasteiger partial charge in [0.1, 0.15) is 0 Å². The topological polar surface area (TPSA) is 54.5 Å². The molecule has 0 saturated carbocycles. The number of benzene rings is 1. The number of carbonyl (C=O) groups is 1. The summed E-state index contributed by atoms with van der Waals surface area (Å²) in [6.07, 6.45) is 0.0416. The second-order valence-corrected chi connectivity index (χ2v) is 6.58. The van der Waals surface area contributed by atoms with E-state index in [1.807, 2.05) is 52.1 Å². The fraction of sp³-hybridized carbons (Fsp3) is 0.474. The Kier molecular flexibility index (Phi) is 4.83. The van der Waals surface area contributed by atoms with Gasteiger partial charge >= 0.3 is 0 Å². The van der Waals surface area contributed by atoms with Crippen molar-refractivity contribution in [3.8, 4) is 0 Å². The van der Waals surface area contributed by atoms with Crippen LogP contribution in [0.15, 0.2) is 24.3 Å². The normalized spacial score (nSPS) is 21.3. The van der Waals surface area contributed by atoms with Crippen molar-refractivity contribution in [2.24, 2.45) is 0 Å². The van der Waals surface area contributed by atoms with Crippen LogP contribution < -0.4 is 5.32 Å². The van der Waals surface area contributed by atoms with Crippen LogP contribution in [-0.2, 0) is 4.74 Å². The Morgan fingerprint density at radius 2 is 2.17 bits per heavy atom. The Bertz CT molecular complexity index is 760. The molecule has 2 aromatic rings. The quantitative estimate of drug-likeness (QED) is 0.936. The lowest BCUT2D eigenvalue weighted by Gasteiger charge is -2.20. The van der Waals surface area contributed by atoms with Gasteiger partial charge in [0.2, 0.25) is 0 Å². The van der Waals surface area contributed by atoms with E-state index in [0.717, 1.165) is 35.2 Å². The maximum Gasteiger partial charge on any atom is 0.252 e. The van der Waals surface area contributed by atoms with Crippen molar-refractivity contribution in [2.45, 2.75) is 32.9 Å². The molecule has 24 heavy (non-hydrogen) atoms. The average molecular weight is 327 g/mol. The number of aromatic nitrogens is 1. The number of likely N-dealkylation sites (tertiary alicyclic amines) is 1. The van der Waals surface area contributed by atoms with Gasteiger partial charge in [0, 0.05) is 30.8 Å². The molecule has 1 aliphatic heterocycles. The minimum absolute atomic E-state index is 0.00998. The van der Waals surface area contributed by atoms with Crippen molar-refractivity contribution in [3.63, 3.8) is 0 Å². The monoisotopic (exact) mass is 327 g/mol. The van der Waals surface area contributed by atoms with Crippen molar-refractivity contribution < 1.29 is 9.53 Å². The smallest absolute Gasteiger partial charge is 0.252 e. The standard InChI is InChI=1S/C19H25N3O2/c1-5-24-17-11-22(4)10-16(17)21-19(23)15-9-13(3)20-18-12(2)7-6-8-14(15)18/h6-9,16-17H,5,10-11H2,1-4H3,(H,21,23)/t16-,17-/m1/s1. The molecular weight excluding hydrogens is 302 g/mol. The summed E-state index contributed by atoms with van der Waals surface area (Å²) < 4.78 is 5.78. The number of fused-ring (bicyclic) bond motifs is 1. The molecule has 0 spiro atoms. The van der Waals surface area contributed by atoms with Gasteiger partial charge in [0.05, 0.1) is 23.2 Å². The van der Waals surface area contributed by atoms with Gasteiger partial charge in [-0.15, -0.1) is 0 Å². The molecule has 1 amide bonds. The van der Waals surface area contributed by atoms with Gasteiger partial charge in [-0.05, 0) is 39.4 Å². The number of nitrogens with zero attached hydrogens (tertiary/aromatic N) is 2. The van der Waals surface area contributed by atoms with Crippen LogP contribution in [0.1, 0.15) is 28.5 Å². The molecule has 0 aliphatic carbocycles. The van der Waals surface area contributed by atoms with Gasteiger partial charge in [-0.1, -0.05) is 18.2 Å². The molecule has 1 aromatic heterocycles. The first-order valence-electron chi connectivity index (χ1n) is 8.47. The lowest BCUT2D eigenvalue weighted by atomic mass is 10.0. The minimum Gasteiger partial charge on any atom is -0.375 e. The summed E-state index contributed by atoms with van der Waals surface area (Å²) in [5, 5.41) is 4.07. The highest BCUT2D eigenvalue weighted by molar-refractivity contribution is 6.06. The largest absolute Gasteiger partial charge is 0.375 e. The fourth-order valence-electron chi connectivity index (χ4n) is 3.44. The van der Waals surface area contributed by atoms with Crippen molar-refractivity contribution in [3.05, 3.63) is 41.1 Å². The van der Waals surface area contributed by atoms with Crippen LogP contribution in [0.2, 0.25) is 0 Å². The number of amides is 1. The number of hydrogen-bond acceptors (Lipinski definition) is 4. The lowest BCUT2D eigenvalue weighted by Crippen LogP contribution is -2.44. The molecule has 1 saturated heterocycles. The van der Waals surface area contributed by atoms with Gasteiger partial charge < -0.3 is 15.0 Å². The number of carbonyl (C=O) groups excluding carboxylic acids is 1. The summed E-state index contributed by atoms with van der Waals surface area (Å²) in [7, 11) is 2.05. The van der Waals surface area contributed by atoms with Crippen LogP contribution in [-0.4, -0.2) is 54.7 Å². The number of rotatable bonds is 4. The molecule has 3 rings (SSSR count). The lowest BCUT2D eigenvalue weighted by molar-refractivity contribution is 0.0513. The third-order valence-corrected chi connectivity index (χ3v) is 4.56. The first kappa shape index (κ1) is 16.9. The molecule has 5 nitrogen and oxygen atoms in total. The number of hydrogen-bond donors (Lipinski definition) is 1. The van der Waals surface area contributed by atoms with E-state index >= 15 is 0 Å². The highest BCUT2D eigenvalue weighted by atomic mass is 16.5. The highest BCUT2D eigenvalue weighted by Crippen LogP contribution is 2.22. The van der Waals surface area contributed by atoms with E-state index in [-0.39, 0.29) is 18.1 Å². The second kappa shape index (κ2) is 6.87. The van der Waals surface area contributed by atoms with Crippen LogP contribution >= 0.6 is 0 Å². The molecule has 2 atom stereocenters. The number of likely N-dealkylation sites (N-methyl/N-ethyl adjacent to an activating group) is 1. The predicted octanol–water partition coefficient (Wildman–Crippen LogP) is 2.30. The van der Waals surface area contributed by atoms with E-state index in [2.05, 4.69) is 15.2 Å². The van der Waals surface area contributed by atoms with Crippen molar-refractivity contribution >= 4 is 16.8 Å². The summed E-state index contributed by atoms with van der Waals surface area (Å²) >= 11 is 0. The van der Waals surface area contributed by atoms with Gasteiger partial charge in [0.15, 0.2) is 0 Å². The molecule has 128 valence electrons. The van der Waals surface area contributed by atoms with Gasteiger partial charge in [0.25, 0.3) is 5.91 Å². The van der Waals surface area contributed by atoms with E-state index in [9.17, 15) is 4.79 Å². The molecule has 0 unspecified atom stereocenters. The van der Waals surface area contributed by atoms with Crippen molar-refractivity contribution in [1.29, 1.82) is 0 Å². The van der Waals surface area contributed by atoms with Gasteiger partial charge in [-0.25, -0.2) is 0 Å². The maximum atomic E-state index is 12.9. The summed E-state index contributed by atoms with van der Waals surface area (Å²) in [4.78, 5) is 19.7. The van der Waals surface area contributed by atoms with E-state index in [1.165, 1.54) is 0 Å². The second-order valence-electron chi connectivity index (χ2n) is 6.58. The van der Waals surface area contributed by atoms with E-state index in [4.69, 9.17) is 4.74 Å². The average Bonchev–Trinajstić information content (AvgIpc) is 2.87. The molecule has 2 heterocycles. The zero-order valence-corrected chi connectivity index (χ0v) is 14.8. The zero-order valence-electron chi connectivity index (χ0n) is 14.8. The molecule has 1 aromatic carbocycles. The van der Waals surface area contributed by atoms with Gasteiger partial charge in [-0.2, -0.15) is 0 Å². The Balaban J connectivity index is 1.90. The summed E-state index contributed by atoms with van der Waals surface area (Å²) in [6, 6.07) is 7.83. The number of nitrogens with one attached hydrogen (secondary N) is 1. The summed E-state index contributed by atoms with van der Waals surface area (Å²) in [5.74, 6) is -0.0545. The Morgan fingerprint density at radius 3 is 2.92 bits per heavy atom. The van der Waals surface area contributed by atoms with Crippen LogP contribution in [0, 0.1) is 13.8 Å². The summed E-state index contributed by atoms with van der Waals surface area (Å²) in [6.45, 7) is 8.23. The molecule has 5 heteroatoms. The van der Waals surface area contributed by atoms with E-state index in [0.29, 0.717) is 12.2 Å². The number of para-hydroxylation sites is 1. The minimum atomic E-state index is -0.0545. The maximum absolute atomic E-state index is 12.9.